The van der Waals surface area contributed by atoms with E-state index in [4.69, 9.17) is 5.73 Å². The van der Waals surface area contributed by atoms with E-state index in [2.05, 4.69) is 18.7 Å². The SMILES string of the molecule is CCCC(CC)(CN)N(CC1CC1)C1CC1. The van der Waals surface area contributed by atoms with Crippen molar-refractivity contribution in [2.24, 2.45) is 11.7 Å². The van der Waals surface area contributed by atoms with Gasteiger partial charge in [0.25, 0.3) is 0 Å². The van der Waals surface area contributed by atoms with Crippen LogP contribution in [0.3, 0.4) is 0 Å². The predicted octanol–water partition coefficient (Wildman–Crippen LogP) is 2.77. The van der Waals surface area contributed by atoms with Crippen molar-refractivity contribution < 1.29 is 0 Å². The molecule has 2 aliphatic carbocycles. The van der Waals surface area contributed by atoms with E-state index >= 15 is 0 Å². The van der Waals surface area contributed by atoms with Gasteiger partial charge < -0.3 is 5.73 Å². The summed E-state index contributed by atoms with van der Waals surface area (Å²) in [6.07, 6.45) is 9.51. The van der Waals surface area contributed by atoms with E-state index in [0.717, 1.165) is 18.5 Å². The molecular formula is C14H28N2. The predicted molar refractivity (Wildman–Crippen MR) is 69.4 cm³/mol. The Morgan fingerprint density at radius 3 is 2.25 bits per heavy atom. The van der Waals surface area contributed by atoms with Crippen LogP contribution in [0.1, 0.15) is 58.8 Å². The minimum absolute atomic E-state index is 0.318. The van der Waals surface area contributed by atoms with Crippen LogP contribution in [-0.2, 0) is 0 Å². The average Bonchev–Trinajstić information content (AvgIpc) is 3.17. The zero-order chi connectivity index (χ0) is 11.6. The van der Waals surface area contributed by atoms with Crippen molar-refractivity contribution >= 4 is 0 Å². The van der Waals surface area contributed by atoms with Crippen LogP contribution in [-0.4, -0.2) is 29.6 Å². The van der Waals surface area contributed by atoms with Gasteiger partial charge in [0.1, 0.15) is 0 Å². The average molecular weight is 224 g/mol. The zero-order valence-corrected chi connectivity index (χ0v) is 11.0. The van der Waals surface area contributed by atoms with Crippen LogP contribution in [0.4, 0.5) is 0 Å². The van der Waals surface area contributed by atoms with Gasteiger partial charge in [0.15, 0.2) is 0 Å². The molecular weight excluding hydrogens is 196 g/mol. The first kappa shape index (κ1) is 12.4. The Labute approximate surface area is 101 Å². The van der Waals surface area contributed by atoms with E-state index < -0.39 is 0 Å². The van der Waals surface area contributed by atoms with Crippen molar-refractivity contribution in [3.05, 3.63) is 0 Å². The van der Waals surface area contributed by atoms with Gasteiger partial charge in [0, 0.05) is 24.7 Å². The van der Waals surface area contributed by atoms with Gasteiger partial charge in [-0.25, -0.2) is 0 Å². The van der Waals surface area contributed by atoms with E-state index in [1.54, 1.807) is 0 Å². The monoisotopic (exact) mass is 224 g/mol. The fraction of sp³-hybridized carbons (Fsp3) is 1.00. The summed E-state index contributed by atoms with van der Waals surface area (Å²) in [5.41, 5.74) is 6.44. The first-order chi connectivity index (χ1) is 7.75. The molecule has 0 aromatic carbocycles. The van der Waals surface area contributed by atoms with Crippen LogP contribution in [0.2, 0.25) is 0 Å². The van der Waals surface area contributed by atoms with Crippen molar-refractivity contribution in [1.29, 1.82) is 0 Å². The molecule has 2 fully saturated rings. The van der Waals surface area contributed by atoms with Crippen molar-refractivity contribution in [3.63, 3.8) is 0 Å². The Hall–Kier alpha value is -0.0800. The molecule has 2 heteroatoms. The van der Waals surface area contributed by atoms with Gasteiger partial charge in [-0.1, -0.05) is 20.3 Å². The Morgan fingerprint density at radius 2 is 1.88 bits per heavy atom. The fourth-order valence-corrected chi connectivity index (χ4v) is 3.05. The summed E-state index contributed by atoms with van der Waals surface area (Å²) in [5, 5.41) is 0. The van der Waals surface area contributed by atoms with Crippen molar-refractivity contribution in [3.8, 4) is 0 Å². The van der Waals surface area contributed by atoms with E-state index in [0.29, 0.717) is 5.54 Å². The fourth-order valence-electron chi connectivity index (χ4n) is 3.05. The van der Waals surface area contributed by atoms with Gasteiger partial charge in [-0.2, -0.15) is 0 Å². The maximum Gasteiger partial charge on any atom is 0.0332 e. The molecule has 0 bridgehead atoms. The van der Waals surface area contributed by atoms with Crippen LogP contribution in [0.15, 0.2) is 0 Å². The lowest BCUT2D eigenvalue weighted by atomic mass is 9.88. The first-order valence-electron chi connectivity index (χ1n) is 7.22. The van der Waals surface area contributed by atoms with Crippen molar-refractivity contribution in [1.82, 2.24) is 4.90 Å². The third-order valence-electron chi connectivity index (χ3n) is 4.50. The van der Waals surface area contributed by atoms with Crippen LogP contribution < -0.4 is 5.73 Å². The third kappa shape index (κ3) is 2.60. The van der Waals surface area contributed by atoms with Crippen LogP contribution in [0, 0.1) is 5.92 Å². The second-order valence-electron chi connectivity index (χ2n) is 5.86. The molecule has 0 aliphatic heterocycles. The highest BCUT2D eigenvalue weighted by Crippen LogP contribution is 2.41. The van der Waals surface area contributed by atoms with Crippen molar-refractivity contribution in [2.45, 2.75) is 70.4 Å². The van der Waals surface area contributed by atoms with Crippen molar-refractivity contribution in [2.75, 3.05) is 13.1 Å². The van der Waals surface area contributed by atoms with Gasteiger partial charge in [-0.15, -0.1) is 0 Å². The maximum atomic E-state index is 6.13. The van der Waals surface area contributed by atoms with Crippen LogP contribution in [0.25, 0.3) is 0 Å². The topological polar surface area (TPSA) is 29.3 Å². The van der Waals surface area contributed by atoms with E-state index in [-0.39, 0.29) is 0 Å². The summed E-state index contributed by atoms with van der Waals surface area (Å²) >= 11 is 0. The lowest BCUT2D eigenvalue weighted by Gasteiger charge is -2.44. The molecule has 1 unspecified atom stereocenters. The summed E-state index contributed by atoms with van der Waals surface area (Å²) in [6, 6.07) is 0.871. The molecule has 0 radical (unpaired) electrons. The summed E-state index contributed by atoms with van der Waals surface area (Å²) in [5.74, 6) is 0.995. The molecule has 2 rings (SSSR count). The van der Waals surface area contributed by atoms with Gasteiger partial charge in [-0.3, -0.25) is 4.90 Å². The largest absolute Gasteiger partial charge is 0.329 e. The molecule has 2 nitrogen and oxygen atoms in total. The summed E-state index contributed by atoms with van der Waals surface area (Å²) in [6.45, 7) is 6.79. The first-order valence-corrected chi connectivity index (χ1v) is 7.22. The third-order valence-corrected chi connectivity index (χ3v) is 4.50. The minimum Gasteiger partial charge on any atom is -0.329 e. The molecule has 0 saturated heterocycles. The highest BCUT2D eigenvalue weighted by atomic mass is 15.3. The summed E-state index contributed by atoms with van der Waals surface area (Å²) in [7, 11) is 0. The maximum absolute atomic E-state index is 6.13. The molecule has 0 aromatic rings. The second kappa shape index (κ2) is 5.05. The lowest BCUT2D eigenvalue weighted by molar-refractivity contribution is 0.0658. The molecule has 0 spiro atoms. The summed E-state index contributed by atoms with van der Waals surface area (Å²) < 4.78 is 0. The highest BCUT2D eigenvalue weighted by Gasteiger charge is 2.43. The number of hydrogen-bond donors (Lipinski definition) is 1. The number of hydrogen-bond acceptors (Lipinski definition) is 2. The normalized spacial score (nSPS) is 24.8. The smallest absolute Gasteiger partial charge is 0.0332 e. The molecule has 2 aliphatic rings. The highest BCUT2D eigenvalue weighted by molar-refractivity contribution is 5.00. The van der Waals surface area contributed by atoms with Gasteiger partial charge in [0.05, 0.1) is 0 Å². The number of rotatable bonds is 8. The van der Waals surface area contributed by atoms with E-state index in [9.17, 15) is 0 Å². The molecule has 0 aromatic heterocycles. The molecule has 0 heterocycles. The number of nitrogens with two attached hydrogens (primary N) is 1. The van der Waals surface area contributed by atoms with E-state index in [1.165, 1.54) is 51.5 Å². The van der Waals surface area contributed by atoms with E-state index in [1.807, 2.05) is 0 Å². The second-order valence-corrected chi connectivity index (χ2v) is 5.86. The van der Waals surface area contributed by atoms with Crippen LogP contribution in [0.5, 0.6) is 0 Å². The zero-order valence-electron chi connectivity index (χ0n) is 11.0. The molecule has 0 amide bonds. The minimum atomic E-state index is 0.318. The molecule has 2 saturated carbocycles. The Morgan fingerprint density at radius 1 is 1.19 bits per heavy atom. The number of nitrogens with zero attached hydrogens (tertiary/aromatic N) is 1. The molecule has 16 heavy (non-hydrogen) atoms. The van der Waals surface area contributed by atoms with Gasteiger partial charge >= 0.3 is 0 Å². The van der Waals surface area contributed by atoms with Gasteiger partial charge in [-0.05, 0) is 44.4 Å². The Bertz CT molecular complexity index is 215. The Balaban J connectivity index is 2.05. The van der Waals surface area contributed by atoms with Crippen LogP contribution >= 0.6 is 0 Å². The molecule has 1 atom stereocenters. The lowest BCUT2D eigenvalue weighted by Crippen LogP contribution is -2.55. The van der Waals surface area contributed by atoms with Gasteiger partial charge in [0.2, 0.25) is 0 Å². The molecule has 94 valence electrons. The quantitative estimate of drug-likeness (QED) is 0.687. The molecule has 2 N–H and O–H groups in total. The summed E-state index contributed by atoms with van der Waals surface area (Å²) in [4.78, 5) is 2.80. The standard InChI is InChI=1S/C14H28N2/c1-3-9-14(4-2,11-15)16(13-7-8-13)10-12-5-6-12/h12-13H,3-11,15H2,1-2H3. The Kier molecular flexibility index (Phi) is 3.91.